The number of pyridine rings is 1. The van der Waals surface area contributed by atoms with Crippen molar-refractivity contribution in [3.05, 3.63) is 83.7 Å². The minimum absolute atomic E-state index is 0.0278. The Morgan fingerprint density at radius 2 is 1.83 bits per heavy atom. The fourth-order valence-corrected chi connectivity index (χ4v) is 3.56. The number of carbonyl (C=O) groups excluding carboxylic acids is 1. The van der Waals surface area contributed by atoms with Gasteiger partial charge in [0.25, 0.3) is 5.91 Å². The van der Waals surface area contributed by atoms with Crippen LogP contribution in [-0.2, 0) is 13.0 Å². The Labute approximate surface area is 171 Å². The molecule has 2 aromatic carbocycles. The molecule has 0 unspecified atom stereocenters. The van der Waals surface area contributed by atoms with Crippen LogP contribution < -0.4 is 15.0 Å². The first kappa shape index (κ1) is 19.0. The van der Waals surface area contributed by atoms with E-state index in [1.165, 1.54) is 11.1 Å². The number of nitrogens with zero attached hydrogens (tertiary/aromatic N) is 2. The van der Waals surface area contributed by atoms with Crippen LogP contribution >= 0.6 is 0 Å². The third-order valence-corrected chi connectivity index (χ3v) is 4.98. The van der Waals surface area contributed by atoms with E-state index in [0.29, 0.717) is 17.0 Å². The van der Waals surface area contributed by atoms with Gasteiger partial charge in [0.2, 0.25) is 0 Å². The molecule has 0 saturated carbocycles. The predicted octanol–water partition coefficient (Wildman–Crippen LogP) is 4.68. The number of ether oxygens (including phenoxy) is 1. The first-order valence-corrected chi connectivity index (χ1v) is 9.94. The third kappa shape index (κ3) is 4.40. The monoisotopic (exact) mass is 387 g/mol. The van der Waals surface area contributed by atoms with Gasteiger partial charge in [0.15, 0.2) is 0 Å². The molecule has 29 heavy (non-hydrogen) atoms. The zero-order valence-corrected chi connectivity index (χ0v) is 16.8. The number of amides is 1. The van der Waals surface area contributed by atoms with E-state index in [-0.39, 0.29) is 12.0 Å². The van der Waals surface area contributed by atoms with Gasteiger partial charge in [-0.2, -0.15) is 0 Å². The van der Waals surface area contributed by atoms with Crippen molar-refractivity contribution in [2.24, 2.45) is 0 Å². The molecule has 1 amide bonds. The highest BCUT2D eigenvalue weighted by Gasteiger charge is 2.18. The van der Waals surface area contributed by atoms with Crippen molar-refractivity contribution < 1.29 is 9.53 Å². The van der Waals surface area contributed by atoms with Gasteiger partial charge in [-0.1, -0.05) is 36.4 Å². The number of anilines is 2. The summed E-state index contributed by atoms with van der Waals surface area (Å²) >= 11 is 0. The molecule has 0 atom stereocenters. The molecule has 5 nitrogen and oxygen atoms in total. The lowest BCUT2D eigenvalue weighted by atomic mass is 9.99. The Hall–Kier alpha value is -3.34. The van der Waals surface area contributed by atoms with E-state index in [1.807, 2.05) is 50.4 Å². The molecule has 0 aliphatic carbocycles. The fraction of sp³-hybridized carbons (Fsp3) is 0.250. The largest absolute Gasteiger partial charge is 0.489 e. The number of para-hydroxylation sites is 2. The number of benzene rings is 2. The van der Waals surface area contributed by atoms with Crippen LogP contribution in [0.2, 0.25) is 0 Å². The van der Waals surface area contributed by atoms with Gasteiger partial charge < -0.3 is 15.0 Å². The van der Waals surface area contributed by atoms with Gasteiger partial charge in [-0.3, -0.25) is 9.78 Å². The van der Waals surface area contributed by atoms with E-state index in [0.717, 1.165) is 25.2 Å². The number of aromatic nitrogens is 1. The summed E-state index contributed by atoms with van der Waals surface area (Å²) in [6, 6.07) is 17.9. The molecule has 0 bridgehead atoms. The van der Waals surface area contributed by atoms with Gasteiger partial charge in [-0.15, -0.1) is 0 Å². The minimum Gasteiger partial charge on any atom is -0.489 e. The number of nitrogens with one attached hydrogen (secondary N) is 1. The number of carbonyl (C=O) groups is 1. The maximum absolute atomic E-state index is 12.9. The highest BCUT2D eigenvalue weighted by Crippen LogP contribution is 2.27. The zero-order chi connectivity index (χ0) is 20.2. The molecule has 0 spiro atoms. The van der Waals surface area contributed by atoms with Crippen LogP contribution in [0.5, 0.6) is 5.75 Å². The molecule has 1 aromatic heterocycles. The van der Waals surface area contributed by atoms with Crippen molar-refractivity contribution in [3.8, 4) is 5.75 Å². The maximum atomic E-state index is 12.9. The summed E-state index contributed by atoms with van der Waals surface area (Å²) < 4.78 is 5.80. The molecular formula is C24H25N3O2. The molecule has 4 rings (SSSR count). The topological polar surface area (TPSA) is 54.5 Å². The number of fused-ring (bicyclic) bond motifs is 1. The first-order valence-electron chi connectivity index (χ1n) is 9.94. The van der Waals surface area contributed by atoms with E-state index in [1.54, 1.807) is 6.20 Å². The summed E-state index contributed by atoms with van der Waals surface area (Å²) in [5.41, 5.74) is 4.86. The summed E-state index contributed by atoms with van der Waals surface area (Å²) in [5.74, 6) is 0.462. The second-order valence-corrected chi connectivity index (χ2v) is 7.49. The molecule has 1 N–H and O–H groups in total. The van der Waals surface area contributed by atoms with Gasteiger partial charge in [-0.05, 0) is 49.6 Å². The van der Waals surface area contributed by atoms with Crippen molar-refractivity contribution in [1.82, 2.24) is 4.98 Å². The van der Waals surface area contributed by atoms with Crippen LogP contribution in [0.15, 0.2) is 67.0 Å². The Bertz CT molecular complexity index is 1020. The molecule has 0 radical (unpaired) electrons. The van der Waals surface area contributed by atoms with E-state index in [9.17, 15) is 4.79 Å². The van der Waals surface area contributed by atoms with Crippen molar-refractivity contribution >= 4 is 17.3 Å². The second-order valence-electron chi connectivity index (χ2n) is 7.49. The average Bonchev–Trinajstić information content (AvgIpc) is 2.74. The molecule has 0 saturated heterocycles. The molecule has 1 aliphatic heterocycles. The third-order valence-electron chi connectivity index (χ3n) is 4.98. The smallest absolute Gasteiger partial charge is 0.257 e. The van der Waals surface area contributed by atoms with Crippen LogP contribution in [0, 0.1) is 0 Å². The second kappa shape index (κ2) is 8.35. The average molecular weight is 387 g/mol. The lowest BCUT2D eigenvalue weighted by molar-refractivity contribution is 0.102. The predicted molar refractivity (Wildman–Crippen MR) is 116 cm³/mol. The first-order chi connectivity index (χ1) is 14.1. The summed E-state index contributed by atoms with van der Waals surface area (Å²) in [5, 5.41) is 2.96. The lowest BCUT2D eigenvalue weighted by Gasteiger charge is -2.30. The summed E-state index contributed by atoms with van der Waals surface area (Å²) in [4.78, 5) is 19.4. The van der Waals surface area contributed by atoms with E-state index in [2.05, 4.69) is 39.5 Å². The molecule has 0 fully saturated rings. The van der Waals surface area contributed by atoms with Crippen molar-refractivity contribution in [2.45, 2.75) is 32.9 Å². The molecule has 2 heterocycles. The van der Waals surface area contributed by atoms with Crippen LogP contribution in [0.1, 0.15) is 35.3 Å². The van der Waals surface area contributed by atoms with Crippen LogP contribution in [0.3, 0.4) is 0 Å². The van der Waals surface area contributed by atoms with Gasteiger partial charge >= 0.3 is 0 Å². The van der Waals surface area contributed by atoms with Crippen LogP contribution in [0.25, 0.3) is 0 Å². The van der Waals surface area contributed by atoms with Gasteiger partial charge in [0.05, 0.1) is 29.2 Å². The Kier molecular flexibility index (Phi) is 5.47. The Morgan fingerprint density at radius 1 is 1.07 bits per heavy atom. The standard InChI is InChI=1S/C24H25N3O2/c1-17(2)29-23-10-6-5-9-22(23)26-24(28)20-13-21(15-25-14-20)27-12-11-18-7-3-4-8-19(18)16-27/h3-10,13-15,17H,11-12,16H2,1-2H3,(H,26,28). The number of rotatable bonds is 5. The molecule has 5 heteroatoms. The van der Waals surface area contributed by atoms with E-state index in [4.69, 9.17) is 4.74 Å². The van der Waals surface area contributed by atoms with E-state index < -0.39 is 0 Å². The molecule has 148 valence electrons. The number of hydrogen-bond donors (Lipinski definition) is 1. The molecular weight excluding hydrogens is 362 g/mol. The fourth-order valence-electron chi connectivity index (χ4n) is 3.56. The summed E-state index contributed by atoms with van der Waals surface area (Å²) in [6.45, 7) is 5.66. The van der Waals surface area contributed by atoms with E-state index >= 15 is 0 Å². The highest BCUT2D eigenvalue weighted by molar-refractivity contribution is 6.05. The number of hydrogen-bond acceptors (Lipinski definition) is 4. The van der Waals surface area contributed by atoms with Crippen LogP contribution in [0.4, 0.5) is 11.4 Å². The molecule has 3 aromatic rings. The van der Waals surface area contributed by atoms with Gasteiger partial charge in [0.1, 0.15) is 5.75 Å². The lowest BCUT2D eigenvalue weighted by Crippen LogP contribution is -2.30. The van der Waals surface area contributed by atoms with Gasteiger partial charge in [-0.25, -0.2) is 0 Å². The van der Waals surface area contributed by atoms with Crippen molar-refractivity contribution in [1.29, 1.82) is 0 Å². The highest BCUT2D eigenvalue weighted by atomic mass is 16.5. The Balaban J connectivity index is 1.52. The minimum atomic E-state index is -0.198. The van der Waals surface area contributed by atoms with Crippen molar-refractivity contribution in [3.63, 3.8) is 0 Å². The summed E-state index contributed by atoms with van der Waals surface area (Å²) in [6.07, 6.45) is 4.44. The van der Waals surface area contributed by atoms with Gasteiger partial charge in [0, 0.05) is 19.3 Å². The van der Waals surface area contributed by atoms with Crippen molar-refractivity contribution in [2.75, 3.05) is 16.8 Å². The quantitative estimate of drug-likeness (QED) is 0.690. The maximum Gasteiger partial charge on any atom is 0.257 e. The Morgan fingerprint density at radius 3 is 2.66 bits per heavy atom. The van der Waals surface area contributed by atoms with Crippen LogP contribution in [-0.4, -0.2) is 23.5 Å². The SMILES string of the molecule is CC(C)Oc1ccccc1NC(=O)c1cncc(N2CCc3ccccc3C2)c1. The normalized spacial score (nSPS) is 13.1. The summed E-state index contributed by atoms with van der Waals surface area (Å²) in [7, 11) is 0. The molecule has 1 aliphatic rings. The zero-order valence-electron chi connectivity index (χ0n) is 16.8.